The molecule has 0 aliphatic rings. The van der Waals surface area contributed by atoms with Gasteiger partial charge >= 0.3 is 5.69 Å². The molecule has 0 unspecified atom stereocenters. The summed E-state index contributed by atoms with van der Waals surface area (Å²) >= 11 is 0. The van der Waals surface area contributed by atoms with Crippen LogP contribution in [0.4, 0.5) is 11.5 Å². The van der Waals surface area contributed by atoms with E-state index in [1.807, 2.05) is 31.2 Å². The molecule has 6 heteroatoms. The summed E-state index contributed by atoms with van der Waals surface area (Å²) < 4.78 is 1.46. The van der Waals surface area contributed by atoms with Crippen molar-refractivity contribution in [3.05, 3.63) is 51.2 Å². The summed E-state index contributed by atoms with van der Waals surface area (Å²) in [5, 5.41) is 14.9. The van der Waals surface area contributed by atoms with Gasteiger partial charge in [0.2, 0.25) is 5.82 Å². The lowest BCUT2D eigenvalue weighted by atomic mass is 10.1. The molecule has 1 aromatic carbocycles. The van der Waals surface area contributed by atoms with Gasteiger partial charge in [0, 0.05) is 0 Å². The van der Waals surface area contributed by atoms with Crippen LogP contribution < -0.4 is 5.73 Å². The molecule has 0 aliphatic heterocycles. The summed E-state index contributed by atoms with van der Waals surface area (Å²) in [5.41, 5.74) is 8.14. The van der Waals surface area contributed by atoms with Crippen molar-refractivity contribution < 1.29 is 4.92 Å². The fourth-order valence-electron chi connectivity index (χ4n) is 1.80. The molecule has 2 rings (SSSR count). The number of nitrogens with two attached hydrogens (primary N) is 1. The maximum Gasteiger partial charge on any atom is 0.333 e. The Morgan fingerprint density at radius 3 is 2.44 bits per heavy atom. The first-order chi connectivity index (χ1) is 8.49. The molecule has 0 aliphatic carbocycles. The largest absolute Gasteiger partial charge is 0.378 e. The highest BCUT2D eigenvalue weighted by atomic mass is 16.6. The Bertz CT molecular complexity index is 587. The van der Waals surface area contributed by atoms with E-state index in [0.29, 0.717) is 12.2 Å². The van der Waals surface area contributed by atoms with E-state index in [4.69, 9.17) is 5.73 Å². The maximum absolute atomic E-state index is 10.8. The van der Waals surface area contributed by atoms with E-state index < -0.39 is 4.92 Å². The molecule has 0 radical (unpaired) electrons. The van der Waals surface area contributed by atoms with Crippen LogP contribution >= 0.6 is 0 Å². The minimum atomic E-state index is -0.497. The zero-order valence-corrected chi connectivity index (χ0v) is 10.3. The molecule has 0 atom stereocenters. The SMILES string of the molecule is Cc1ccc(Cn2nc(C)c([N+](=O)[O-])c2N)cc1. The molecule has 2 aromatic rings. The van der Waals surface area contributed by atoms with Crippen LogP contribution in [-0.4, -0.2) is 14.7 Å². The fourth-order valence-corrected chi connectivity index (χ4v) is 1.80. The molecule has 18 heavy (non-hydrogen) atoms. The number of nitrogens with zero attached hydrogens (tertiary/aromatic N) is 3. The molecule has 2 N–H and O–H groups in total. The highest BCUT2D eigenvalue weighted by Gasteiger charge is 2.22. The molecule has 94 valence electrons. The predicted molar refractivity (Wildman–Crippen MR) is 68.3 cm³/mol. The van der Waals surface area contributed by atoms with E-state index in [1.54, 1.807) is 6.92 Å². The second kappa shape index (κ2) is 4.48. The Kier molecular flexibility index (Phi) is 3.01. The number of anilines is 1. The van der Waals surface area contributed by atoms with Crippen LogP contribution in [0, 0.1) is 24.0 Å². The standard InChI is InChI=1S/C12H14N4O2/c1-8-3-5-10(6-4-8)7-15-12(13)11(16(17)18)9(2)14-15/h3-6H,7,13H2,1-2H3. The van der Waals surface area contributed by atoms with Gasteiger partial charge in [0.1, 0.15) is 5.69 Å². The van der Waals surface area contributed by atoms with E-state index >= 15 is 0 Å². The number of aryl methyl sites for hydroxylation is 2. The van der Waals surface area contributed by atoms with Crippen LogP contribution in [0.1, 0.15) is 16.8 Å². The van der Waals surface area contributed by atoms with Gasteiger partial charge in [0.15, 0.2) is 0 Å². The van der Waals surface area contributed by atoms with Gasteiger partial charge in [-0.15, -0.1) is 0 Å². The molecule has 1 aromatic heterocycles. The summed E-state index contributed by atoms with van der Waals surface area (Å²) in [6.07, 6.45) is 0. The topological polar surface area (TPSA) is 87.0 Å². The third kappa shape index (κ3) is 2.17. The molecular formula is C12H14N4O2. The number of hydrogen-bond donors (Lipinski definition) is 1. The highest BCUT2D eigenvalue weighted by Crippen LogP contribution is 2.25. The summed E-state index contributed by atoms with van der Waals surface area (Å²) in [6.45, 7) is 4.02. The zero-order valence-electron chi connectivity index (χ0n) is 10.3. The van der Waals surface area contributed by atoms with Gasteiger partial charge in [0.05, 0.1) is 11.5 Å². The quantitative estimate of drug-likeness (QED) is 0.663. The molecular weight excluding hydrogens is 232 g/mol. The Morgan fingerprint density at radius 1 is 1.33 bits per heavy atom. The van der Waals surface area contributed by atoms with Crippen molar-refractivity contribution >= 4 is 11.5 Å². The molecule has 0 saturated heterocycles. The van der Waals surface area contributed by atoms with E-state index in [1.165, 1.54) is 4.68 Å². The number of aromatic nitrogens is 2. The Hall–Kier alpha value is -2.37. The monoisotopic (exact) mass is 246 g/mol. The Balaban J connectivity index is 2.33. The van der Waals surface area contributed by atoms with Gasteiger partial charge in [-0.05, 0) is 19.4 Å². The number of benzene rings is 1. The lowest BCUT2D eigenvalue weighted by Gasteiger charge is -2.03. The average molecular weight is 246 g/mol. The summed E-state index contributed by atoms with van der Waals surface area (Å²) in [6, 6.07) is 7.88. The highest BCUT2D eigenvalue weighted by molar-refractivity contribution is 5.56. The van der Waals surface area contributed by atoms with Gasteiger partial charge in [-0.1, -0.05) is 29.8 Å². The maximum atomic E-state index is 10.8. The third-order valence-electron chi connectivity index (χ3n) is 2.77. The molecule has 1 heterocycles. The first-order valence-electron chi connectivity index (χ1n) is 5.52. The third-order valence-corrected chi connectivity index (χ3v) is 2.77. The van der Waals surface area contributed by atoms with E-state index in [0.717, 1.165) is 11.1 Å². The molecule has 6 nitrogen and oxygen atoms in total. The normalized spacial score (nSPS) is 10.6. The summed E-state index contributed by atoms with van der Waals surface area (Å²) in [7, 11) is 0. The average Bonchev–Trinajstić information content (AvgIpc) is 2.57. The van der Waals surface area contributed by atoms with Crippen LogP contribution in [0.2, 0.25) is 0 Å². The van der Waals surface area contributed by atoms with Crippen LogP contribution in [0.15, 0.2) is 24.3 Å². The second-order valence-electron chi connectivity index (χ2n) is 4.22. The van der Waals surface area contributed by atoms with Gasteiger partial charge in [-0.3, -0.25) is 10.1 Å². The van der Waals surface area contributed by atoms with Crippen LogP contribution in [-0.2, 0) is 6.54 Å². The van der Waals surface area contributed by atoms with Gasteiger partial charge in [0.25, 0.3) is 0 Å². The van der Waals surface area contributed by atoms with Gasteiger partial charge in [-0.2, -0.15) is 5.10 Å². The number of nitrogen functional groups attached to an aromatic ring is 1. The smallest absolute Gasteiger partial charge is 0.333 e. The number of nitro groups is 1. The van der Waals surface area contributed by atoms with E-state index in [2.05, 4.69) is 5.10 Å². The van der Waals surface area contributed by atoms with Crippen LogP contribution in [0.5, 0.6) is 0 Å². The lowest BCUT2D eigenvalue weighted by molar-refractivity contribution is -0.384. The van der Waals surface area contributed by atoms with Crippen molar-refractivity contribution in [2.45, 2.75) is 20.4 Å². The predicted octanol–water partition coefficient (Wildman–Crippen LogP) is 2.04. The lowest BCUT2D eigenvalue weighted by Crippen LogP contribution is -2.06. The Labute approximate surface area is 104 Å². The van der Waals surface area contributed by atoms with Gasteiger partial charge in [-0.25, -0.2) is 4.68 Å². The summed E-state index contributed by atoms with van der Waals surface area (Å²) in [5.74, 6) is 0.0954. The van der Waals surface area contributed by atoms with Crippen molar-refractivity contribution in [2.75, 3.05) is 5.73 Å². The van der Waals surface area contributed by atoms with Gasteiger partial charge < -0.3 is 5.73 Å². The molecule has 0 saturated carbocycles. The van der Waals surface area contributed by atoms with Crippen molar-refractivity contribution in [2.24, 2.45) is 0 Å². The van der Waals surface area contributed by atoms with Crippen molar-refractivity contribution in [3.8, 4) is 0 Å². The molecule has 0 spiro atoms. The Morgan fingerprint density at radius 2 is 1.94 bits per heavy atom. The van der Waals surface area contributed by atoms with Crippen LogP contribution in [0.25, 0.3) is 0 Å². The fraction of sp³-hybridized carbons (Fsp3) is 0.250. The van der Waals surface area contributed by atoms with Crippen LogP contribution in [0.3, 0.4) is 0 Å². The summed E-state index contributed by atoms with van der Waals surface area (Å²) in [4.78, 5) is 10.3. The molecule has 0 bridgehead atoms. The van der Waals surface area contributed by atoms with E-state index in [9.17, 15) is 10.1 Å². The van der Waals surface area contributed by atoms with Crippen molar-refractivity contribution in [1.82, 2.24) is 9.78 Å². The zero-order chi connectivity index (χ0) is 13.3. The second-order valence-corrected chi connectivity index (χ2v) is 4.22. The van der Waals surface area contributed by atoms with Crippen molar-refractivity contribution in [1.29, 1.82) is 0 Å². The van der Waals surface area contributed by atoms with E-state index in [-0.39, 0.29) is 11.5 Å². The number of rotatable bonds is 3. The minimum absolute atomic E-state index is 0.0954. The number of hydrogen-bond acceptors (Lipinski definition) is 4. The minimum Gasteiger partial charge on any atom is -0.378 e. The first kappa shape index (κ1) is 12.1. The molecule has 0 amide bonds. The molecule has 0 fully saturated rings. The van der Waals surface area contributed by atoms with Crippen molar-refractivity contribution in [3.63, 3.8) is 0 Å². The first-order valence-corrected chi connectivity index (χ1v) is 5.52.